The maximum Gasteiger partial charge on any atom is 0.244 e. The Morgan fingerprint density at radius 1 is 1.35 bits per heavy atom. The number of aryl methyl sites for hydroxylation is 1. The lowest BCUT2D eigenvalue weighted by molar-refractivity contribution is -0.123. The van der Waals surface area contributed by atoms with Gasteiger partial charge in [0.05, 0.1) is 5.54 Å². The van der Waals surface area contributed by atoms with Gasteiger partial charge in [-0.3, -0.25) is 4.79 Å². The zero-order valence-corrected chi connectivity index (χ0v) is 11.1. The van der Waals surface area contributed by atoms with E-state index >= 15 is 0 Å². The third-order valence-corrected chi connectivity index (χ3v) is 3.55. The van der Waals surface area contributed by atoms with Gasteiger partial charge in [-0.25, -0.2) is 0 Å². The van der Waals surface area contributed by atoms with E-state index in [0.29, 0.717) is 0 Å². The van der Waals surface area contributed by atoms with Crippen molar-refractivity contribution in [2.75, 3.05) is 5.32 Å². The molecular weight excluding hydrogens is 236 g/mol. The zero-order valence-electron chi connectivity index (χ0n) is 10.2. The molecule has 1 aromatic carbocycles. The lowest BCUT2D eigenvalue weighted by atomic mass is 9.77. The summed E-state index contributed by atoms with van der Waals surface area (Å²) in [5.41, 5.74) is 8.51. The first-order valence-electron chi connectivity index (χ1n) is 5.69. The van der Waals surface area contributed by atoms with Gasteiger partial charge in [0.1, 0.15) is 0 Å². The minimum atomic E-state index is -0.629. The van der Waals surface area contributed by atoms with E-state index < -0.39 is 5.54 Å². The molecule has 1 aromatic rings. The van der Waals surface area contributed by atoms with Gasteiger partial charge in [0.2, 0.25) is 5.91 Å². The Morgan fingerprint density at radius 3 is 2.53 bits per heavy atom. The fraction of sp³-hybridized carbons (Fsp3) is 0.462. The normalized spacial score (nSPS) is 16.6. The molecule has 94 valence electrons. The lowest BCUT2D eigenvalue weighted by Crippen LogP contribution is -2.56. The van der Waals surface area contributed by atoms with Crippen LogP contribution in [0.1, 0.15) is 30.4 Å². The predicted octanol–water partition coefficient (Wildman–Crippen LogP) is 2.55. The fourth-order valence-electron chi connectivity index (χ4n) is 1.92. The first kappa shape index (κ1) is 14.0. The summed E-state index contributed by atoms with van der Waals surface area (Å²) in [6.07, 6.45) is 2.64. The second kappa shape index (κ2) is 5.07. The van der Waals surface area contributed by atoms with Crippen molar-refractivity contribution in [2.45, 2.75) is 38.6 Å². The average molecular weight is 255 g/mol. The molecule has 3 N–H and O–H groups in total. The average Bonchev–Trinajstić information content (AvgIpc) is 2.21. The molecule has 0 unspecified atom stereocenters. The second-order valence-electron chi connectivity index (χ2n) is 4.71. The van der Waals surface area contributed by atoms with Crippen LogP contribution < -0.4 is 11.1 Å². The monoisotopic (exact) mass is 254 g/mol. The molecule has 1 aliphatic carbocycles. The molecule has 4 heteroatoms. The van der Waals surface area contributed by atoms with Crippen molar-refractivity contribution in [3.8, 4) is 0 Å². The molecule has 1 saturated carbocycles. The molecule has 1 amide bonds. The SMILES string of the molecule is Cc1cccc(NC(=O)C2(N)CCC2)c1C.Cl. The second-order valence-corrected chi connectivity index (χ2v) is 4.71. The number of carbonyl (C=O) groups excluding carboxylic acids is 1. The molecule has 0 bridgehead atoms. The molecule has 1 fully saturated rings. The summed E-state index contributed by atoms with van der Waals surface area (Å²) < 4.78 is 0. The first-order valence-corrected chi connectivity index (χ1v) is 5.69. The molecule has 0 heterocycles. The zero-order chi connectivity index (χ0) is 11.8. The number of rotatable bonds is 2. The van der Waals surface area contributed by atoms with E-state index in [-0.39, 0.29) is 18.3 Å². The maximum atomic E-state index is 11.9. The number of carbonyl (C=O) groups is 1. The fourth-order valence-corrected chi connectivity index (χ4v) is 1.92. The van der Waals surface area contributed by atoms with E-state index in [2.05, 4.69) is 5.32 Å². The van der Waals surface area contributed by atoms with Crippen molar-refractivity contribution in [2.24, 2.45) is 5.73 Å². The number of benzene rings is 1. The first-order chi connectivity index (χ1) is 7.53. The highest BCUT2D eigenvalue weighted by molar-refractivity contribution is 5.99. The van der Waals surface area contributed by atoms with Crippen molar-refractivity contribution in [1.82, 2.24) is 0 Å². The maximum absolute atomic E-state index is 11.9. The summed E-state index contributed by atoms with van der Waals surface area (Å²) in [6.45, 7) is 4.04. The molecule has 1 aliphatic rings. The number of nitrogens with one attached hydrogen (secondary N) is 1. The van der Waals surface area contributed by atoms with Gasteiger partial charge in [0, 0.05) is 5.69 Å². The van der Waals surface area contributed by atoms with Crippen LogP contribution in [0.5, 0.6) is 0 Å². The van der Waals surface area contributed by atoms with Gasteiger partial charge in [0.15, 0.2) is 0 Å². The van der Waals surface area contributed by atoms with Crippen molar-refractivity contribution in [3.63, 3.8) is 0 Å². The summed E-state index contributed by atoms with van der Waals surface area (Å²) in [5.74, 6) is -0.0487. The van der Waals surface area contributed by atoms with E-state index in [0.717, 1.165) is 30.5 Å². The number of hydrogen-bond donors (Lipinski definition) is 2. The van der Waals surface area contributed by atoms with Crippen molar-refractivity contribution >= 4 is 24.0 Å². The summed E-state index contributed by atoms with van der Waals surface area (Å²) in [6, 6.07) is 5.90. The Bertz CT molecular complexity index is 427. The van der Waals surface area contributed by atoms with Crippen LogP contribution >= 0.6 is 12.4 Å². The molecule has 17 heavy (non-hydrogen) atoms. The van der Waals surface area contributed by atoms with Gasteiger partial charge in [-0.2, -0.15) is 0 Å². The third-order valence-electron chi connectivity index (χ3n) is 3.55. The van der Waals surface area contributed by atoms with Crippen LogP contribution in [0.2, 0.25) is 0 Å². The van der Waals surface area contributed by atoms with Gasteiger partial charge < -0.3 is 11.1 Å². The van der Waals surface area contributed by atoms with Crippen molar-refractivity contribution in [1.29, 1.82) is 0 Å². The van der Waals surface area contributed by atoms with E-state index in [1.165, 1.54) is 5.56 Å². The highest BCUT2D eigenvalue weighted by atomic mass is 35.5. The number of halogens is 1. The summed E-state index contributed by atoms with van der Waals surface area (Å²) >= 11 is 0. The van der Waals surface area contributed by atoms with E-state index in [4.69, 9.17) is 5.73 Å². The summed E-state index contributed by atoms with van der Waals surface area (Å²) in [7, 11) is 0. The van der Waals surface area contributed by atoms with Crippen molar-refractivity contribution in [3.05, 3.63) is 29.3 Å². The molecule has 3 nitrogen and oxygen atoms in total. The van der Waals surface area contributed by atoms with Gasteiger partial charge in [-0.15, -0.1) is 12.4 Å². The van der Waals surface area contributed by atoms with Crippen LogP contribution in [0.4, 0.5) is 5.69 Å². The Labute approximate surface area is 108 Å². The van der Waals surface area contributed by atoms with Gasteiger partial charge in [-0.05, 0) is 50.3 Å². The number of amides is 1. The quantitative estimate of drug-likeness (QED) is 0.852. The molecule has 0 saturated heterocycles. The summed E-state index contributed by atoms with van der Waals surface area (Å²) in [4.78, 5) is 11.9. The van der Waals surface area contributed by atoms with E-state index in [1.54, 1.807) is 0 Å². The molecule has 2 rings (SSSR count). The van der Waals surface area contributed by atoms with Crippen LogP contribution in [-0.4, -0.2) is 11.4 Å². The molecule has 0 atom stereocenters. The Kier molecular flexibility index (Phi) is 4.17. The minimum absolute atomic E-state index is 0. The van der Waals surface area contributed by atoms with Crippen LogP contribution in [0, 0.1) is 13.8 Å². The van der Waals surface area contributed by atoms with Gasteiger partial charge in [0.25, 0.3) is 0 Å². The molecule has 0 radical (unpaired) electrons. The third kappa shape index (κ3) is 2.61. The molecule has 0 aliphatic heterocycles. The number of nitrogens with two attached hydrogens (primary N) is 1. The van der Waals surface area contributed by atoms with Crippen LogP contribution in [-0.2, 0) is 4.79 Å². The standard InChI is InChI=1S/C13H18N2O.ClH/c1-9-5-3-6-11(10(9)2)15-12(16)13(14)7-4-8-13;/h3,5-6H,4,7-8,14H2,1-2H3,(H,15,16);1H. The largest absolute Gasteiger partial charge is 0.324 e. The van der Waals surface area contributed by atoms with Gasteiger partial charge in [-0.1, -0.05) is 12.1 Å². The highest BCUT2D eigenvalue weighted by Crippen LogP contribution is 2.30. The predicted molar refractivity (Wildman–Crippen MR) is 72.6 cm³/mol. The highest BCUT2D eigenvalue weighted by Gasteiger charge is 2.40. The smallest absolute Gasteiger partial charge is 0.244 e. The number of anilines is 1. The van der Waals surface area contributed by atoms with Gasteiger partial charge >= 0.3 is 0 Å². The van der Waals surface area contributed by atoms with Crippen LogP contribution in [0.25, 0.3) is 0 Å². The summed E-state index contributed by atoms with van der Waals surface area (Å²) in [5, 5.41) is 2.93. The molecule has 0 spiro atoms. The van der Waals surface area contributed by atoms with Crippen molar-refractivity contribution < 1.29 is 4.79 Å². The van der Waals surface area contributed by atoms with E-state index in [9.17, 15) is 4.79 Å². The van der Waals surface area contributed by atoms with Crippen LogP contribution in [0.15, 0.2) is 18.2 Å². The Balaban J connectivity index is 0.00000144. The molecule has 0 aromatic heterocycles. The van der Waals surface area contributed by atoms with E-state index in [1.807, 2.05) is 32.0 Å². The molecular formula is C13H19ClN2O. The minimum Gasteiger partial charge on any atom is -0.324 e. The Hall–Kier alpha value is -1.06. The lowest BCUT2D eigenvalue weighted by Gasteiger charge is -2.36. The number of hydrogen-bond acceptors (Lipinski definition) is 2. The Morgan fingerprint density at radius 2 is 2.00 bits per heavy atom. The van der Waals surface area contributed by atoms with Crippen LogP contribution in [0.3, 0.4) is 0 Å². The topological polar surface area (TPSA) is 55.1 Å².